The van der Waals surface area contributed by atoms with Crippen LogP contribution in [0, 0.1) is 0 Å². The smallest absolute Gasteiger partial charge is 0.282 e. The second kappa shape index (κ2) is 4.57. The molecule has 84 valence electrons. The number of carbonyl (C=O) groups excluding carboxylic acids is 1. The molecule has 5 nitrogen and oxygen atoms in total. The molecule has 1 heterocycles. The molecule has 0 saturated heterocycles. The summed E-state index contributed by atoms with van der Waals surface area (Å²) in [6.07, 6.45) is 1.76. The Hall–Kier alpha value is -1.17. The van der Waals surface area contributed by atoms with E-state index in [0.29, 0.717) is 10.1 Å². The van der Waals surface area contributed by atoms with Crippen LogP contribution in [0.3, 0.4) is 0 Å². The molecule has 0 aliphatic rings. The molecule has 1 aromatic heterocycles. The lowest BCUT2D eigenvalue weighted by atomic mass is 9.96. The highest BCUT2D eigenvalue weighted by molar-refractivity contribution is 7.16. The third kappa shape index (κ3) is 2.89. The van der Waals surface area contributed by atoms with Gasteiger partial charge in [0, 0.05) is 5.54 Å². The zero-order valence-corrected chi connectivity index (χ0v) is 10.0. The maximum atomic E-state index is 11.7. The molecule has 0 atom stereocenters. The molecule has 0 bridgehead atoms. The Morgan fingerprint density at radius 2 is 2.07 bits per heavy atom. The molecule has 15 heavy (non-hydrogen) atoms. The lowest BCUT2D eigenvalue weighted by Gasteiger charge is -2.27. The fourth-order valence-electron chi connectivity index (χ4n) is 1.08. The first-order valence-corrected chi connectivity index (χ1v) is 5.74. The molecule has 0 fully saturated rings. The summed E-state index contributed by atoms with van der Waals surface area (Å²) >= 11 is 1.10. The number of carbonyl (C=O) groups is 1. The Balaban J connectivity index is 2.71. The number of nitrogens with one attached hydrogen (secondary N) is 1. The minimum Gasteiger partial charge on any atom is -0.374 e. The predicted octanol–water partition coefficient (Wildman–Crippen LogP) is 1.43. The number of hydrogen-bond acceptors (Lipinski definition) is 5. The van der Waals surface area contributed by atoms with E-state index in [0.717, 1.165) is 24.2 Å². The van der Waals surface area contributed by atoms with Crippen LogP contribution < -0.4 is 11.1 Å². The van der Waals surface area contributed by atoms with Crippen molar-refractivity contribution < 1.29 is 4.79 Å². The lowest BCUT2D eigenvalue weighted by molar-refractivity contribution is 0.0900. The Morgan fingerprint density at radius 3 is 2.47 bits per heavy atom. The third-order valence-corrected chi connectivity index (χ3v) is 3.36. The molecular formula is C9H16N4OS. The minimum atomic E-state index is -0.199. The molecule has 0 unspecified atom stereocenters. The molecule has 0 aliphatic carbocycles. The van der Waals surface area contributed by atoms with E-state index in [2.05, 4.69) is 15.5 Å². The highest BCUT2D eigenvalue weighted by Crippen LogP contribution is 2.16. The van der Waals surface area contributed by atoms with Gasteiger partial charge in [0.15, 0.2) is 0 Å². The monoisotopic (exact) mass is 228 g/mol. The largest absolute Gasteiger partial charge is 0.374 e. The van der Waals surface area contributed by atoms with Crippen LogP contribution >= 0.6 is 11.3 Å². The molecule has 0 aliphatic heterocycles. The molecule has 0 radical (unpaired) electrons. The number of amides is 1. The van der Waals surface area contributed by atoms with Crippen molar-refractivity contribution in [3.05, 3.63) is 5.01 Å². The van der Waals surface area contributed by atoms with Gasteiger partial charge >= 0.3 is 0 Å². The van der Waals surface area contributed by atoms with Gasteiger partial charge in [-0.25, -0.2) is 0 Å². The van der Waals surface area contributed by atoms with E-state index >= 15 is 0 Å². The lowest BCUT2D eigenvalue weighted by Crippen LogP contribution is -2.44. The molecule has 0 aromatic carbocycles. The van der Waals surface area contributed by atoms with E-state index in [1.807, 2.05) is 20.8 Å². The van der Waals surface area contributed by atoms with Crippen LogP contribution in [0.2, 0.25) is 0 Å². The van der Waals surface area contributed by atoms with Gasteiger partial charge in [-0.1, -0.05) is 25.2 Å². The van der Waals surface area contributed by atoms with Crippen LogP contribution in [0.5, 0.6) is 0 Å². The van der Waals surface area contributed by atoms with Crippen molar-refractivity contribution in [1.29, 1.82) is 0 Å². The maximum Gasteiger partial charge on any atom is 0.282 e. The summed E-state index contributed by atoms with van der Waals surface area (Å²) in [7, 11) is 0. The van der Waals surface area contributed by atoms with E-state index in [9.17, 15) is 4.79 Å². The summed E-state index contributed by atoms with van der Waals surface area (Å²) < 4.78 is 0. The van der Waals surface area contributed by atoms with Crippen molar-refractivity contribution in [2.75, 3.05) is 5.73 Å². The van der Waals surface area contributed by atoms with Gasteiger partial charge in [0.1, 0.15) is 0 Å². The normalized spacial score (nSPS) is 11.4. The Labute approximate surface area is 93.1 Å². The summed E-state index contributed by atoms with van der Waals surface area (Å²) in [6, 6.07) is 0. The molecular weight excluding hydrogens is 212 g/mol. The van der Waals surface area contributed by atoms with E-state index < -0.39 is 0 Å². The van der Waals surface area contributed by atoms with Crippen molar-refractivity contribution >= 4 is 22.4 Å². The first-order valence-electron chi connectivity index (χ1n) is 4.92. The summed E-state index contributed by atoms with van der Waals surface area (Å²) in [5.41, 5.74) is 5.23. The number of nitrogen functional groups attached to an aromatic ring is 1. The first-order chi connectivity index (χ1) is 7.00. The molecule has 1 amide bonds. The van der Waals surface area contributed by atoms with Gasteiger partial charge in [-0.3, -0.25) is 4.79 Å². The average molecular weight is 228 g/mol. The van der Waals surface area contributed by atoms with Crippen molar-refractivity contribution in [2.45, 2.75) is 39.2 Å². The van der Waals surface area contributed by atoms with Crippen LogP contribution in [-0.2, 0) is 0 Å². The minimum absolute atomic E-state index is 0.183. The Morgan fingerprint density at radius 1 is 1.47 bits per heavy atom. The second-order valence-electron chi connectivity index (χ2n) is 3.67. The molecule has 0 spiro atoms. The molecule has 0 saturated carbocycles. The van der Waals surface area contributed by atoms with Gasteiger partial charge in [-0.2, -0.15) is 0 Å². The van der Waals surface area contributed by atoms with Crippen molar-refractivity contribution in [3.63, 3.8) is 0 Å². The number of hydrogen-bond donors (Lipinski definition) is 2. The fraction of sp³-hybridized carbons (Fsp3) is 0.667. The predicted molar refractivity (Wildman–Crippen MR) is 60.8 cm³/mol. The van der Waals surface area contributed by atoms with E-state index in [1.165, 1.54) is 0 Å². The van der Waals surface area contributed by atoms with Gasteiger partial charge in [-0.15, -0.1) is 10.2 Å². The molecule has 1 rings (SSSR count). The van der Waals surface area contributed by atoms with Crippen LogP contribution in [0.15, 0.2) is 0 Å². The first kappa shape index (κ1) is 11.9. The summed E-state index contributed by atoms with van der Waals surface area (Å²) in [5, 5.41) is 10.9. The summed E-state index contributed by atoms with van der Waals surface area (Å²) in [6.45, 7) is 6.09. The maximum absolute atomic E-state index is 11.7. The Kier molecular flexibility index (Phi) is 3.62. The van der Waals surface area contributed by atoms with Gasteiger partial charge in [0.05, 0.1) is 0 Å². The molecule has 3 N–H and O–H groups in total. The number of nitrogens with two attached hydrogens (primary N) is 1. The Bertz CT molecular complexity index is 346. The van der Waals surface area contributed by atoms with E-state index in [-0.39, 0.29) is 11.4 Å². The van der Waals surface area contributed by atoms with Crippen molar-refractivity contribution in [3.8, 4) is 0 Å². The van der Waals surface area contributed by atoms with Gasteiger partial charge < -0.3 is 11.1 Å². The van der Waals surface area contributed by atoms with E-state index in [4.69, 9.17) is 5.73 Å². The third-order valence-electron chi connectivity index (χ3n) is 2.61. The highest BCUT2D eigenvalue weighted by Gasteiger charge is 2.24. The van der Waals surface area contributed by atoms with Crippen LogP contribution in [-0.4, -0.2) is 21.6 Å². The highest BCUT2D eigenvalue weighted by atomic mass is 32.1. The van der Waals surface area contributed by atoms with Crippen molar-refractivity contribution in [1.82, 2.24) is 15.5 Å². The summed E-state index contributed by atoms with van der Waals surface area (Å²) in [4.78, 5) is 11.7. The number of rotatable bonds is 4. The van der Waals surface area contributed by atoms with Gasteiger partial charge in [0.25, 0.3) is 5.91 Å². The SMILES string of the molecule is CCC(C)(CC)NC(=O)c1nnc(N)s1. The quantitative estimate of drug-likeness (QED) is 0.816. The van der Waals surface area contributed by atoms with Crippen LogP contribution in [0.25, 0.3) is 0 Å². The topological polar surface area (TPSA) is 80.9 Å². The molecule has 1 aromatic rings. The van der Waals surface area contributed by atoms with Gasteiger partial charge in [-0.05, 0) is 19.8 Å². The zero-order valence-electron chi connectivity index (χ0n) is 9.20. The molecule has 6 heteroatoms. The average Bonchev–Trinajstić information content (AvgIpc) is 2.65. The van der Waals surface area contributed by atoms with Gasteiger partial charge in [0.2, 0.25) is 10.1 Å². The van der Waals surface area contributed by atoms with E-state index in [1.54, 1.807) is 0 Å². The summed E-state index contributed by atoms with van der Waals surface area (Å²) in [5.74, 6) is -0.199. The standard InChI is InChI=1S/C9H16N4OS/c1-4-9(3,5-2)11-6(14)7-12-13-8(10)15-7/h4-5H2,1-3H3,(H2,10,13)(H,11,14). The number of anilines is 1. The van der Waals surface area contributed by atoms with Crippen molar-refractivity contribution in [2.24, 2.45) is 0 Å². The zero-order chi connectivity index (χ0) is 11.5. The number of aromatic nitrogens is 2. The fourth-order valence-corrected chi connectivity index (χ4v) is 1.59. The van der Waals surface area contributed by atoms with Crippen LogP contribution in [0.4, 0.5) is 5.13 Å². The van der Waals surface area contributed by atoms with Crippen LogP contribution in [0.1, 0.15) is 43.4 Å². The number of nitrogens with zero attached hydrogens (tertiary/aromatic N) is 2. The second-order valence-corrected chi connectivity index (χ2v) is 4.68.